The number of rotatable bonds is 7. The molecule has 1 atom stereocenters. The van der Waals surface area contributed by atoms with E-state index in [0.717, 1.165) is 48.1 Å². The van der Waals surface area contributed by atoms with Gasteiger partial charge in [0.2, 0.25) is 5.95 Å². The SMILES string of the molecule is O[C@@H](CNc1ncc(-c2cnccn2)c(-c2cccs2)n1)CN1CCOCC1. The van der Waals surface area contributed by atoms with E-state index < -0.39 is 6.10 Å². The first-order chi connectivity index (χ1) is 13.8. The van der Waals surface area contributed by atoms with Crippen LogP contribution >= 0.6 is 11.3 Å². The van der Waals surface area contributed by atoms with Crippen molar-refractivity contribution in [2.75, 3.05) is 44.7 Å². The molecule has 0 bridgehead atoms. The maximum Gasteiger partial charge on any atom is 0.223 e. The number of ether oxygens (including phenoxy) is 1. The predicted octanol–water partition coefficient (Wildman–Crippen LogP) is 1.77. The zero-order valence-electron chi connectivity index (χ0n) is 15.4. The Morgan fingerprint density at radius 3 is 2.86 bits per heavy atom. The molecule has 3 aromatic rings. The second-order valence-corrected chi connectivity index (χ2v) is 7.42. The van der Waals surface area contributed by atoms with Crippen molar-refractivity contribution in [3.05, 3.63) is 42.3 Å². The number of thiophene rings is 1. The fourth-order valence-electron chi connectivity index (χ4n) is 3.05. The number of aliphatic hydroxyl groups is 1. The van der Waals surface area contributed by atoms with E-state index in [-0.39, 0.29) is 0 Å². The van der Waals surface area contributed by atoms with Gasteiger partial charge in [-0.1, -0.05) is 6.07 Å². The van der Waals surface area contributed by atoms with Crippen molar-refractivity contribution < 1.29 is 9.84 Å². The fraction of sp³-hybridized carbons (Fsp3) is 0.368. The van der Waals surface area contributed by atoms with Gasteiger partial charge < -0.3 is 15.2 Å². The van der Waals surface area contributed by atoms with E-state index in [2.05, 4.69) is 30.2 Å². The summed E-state index contributed by atoms with van der Waals surface area (Å²) >= 11 is 1.61. The van der Waals surface area contributed by atoms with Crippen molar-refractivity contribution in [1.82, 2.24) is 24.8 Å². The molecule has 146 valence electrons. The van der Waals surface area contributed by atoms with Gasteiger partial charge in [0.15, 0.2) is 0 Å². The Morgan fingerprint density at radius 1 is 1.21 bits per heavy atom. The lowest BCUT2D eigenvalue weighted by Gasteiger charge is -2.28. The van der Waals surface area contributed by atoms with E-state index in [1.165, 1.54) is 0 Å². The zero-order valence-corrected chi connectivity index (χ0v) is 16.2. The van der Waals surface area contributed by atoms with Gasteiger partial charge >= 0.3 is 0 Å². The number of aliphatic hydroxyl groups excluding tert-OH is 1. The molecule has 28 heavy (non-hydrogen) atoms. The third kappa shape index (κ3) is 4.68. The molecule has 0 saturated carbocycles. The third-order valence-corrected chi connectivity index (χ3v) is 5.33. The summed E-state index contributed by atoms with van der Waals surface area (Å²) < 4.78 is 5.34. The number of nitrogens with zero attached hydrogens (tertiary/aromatic N) is 5. The molecule has 0 unspecified atom stereocenters. The minimum Gasteiger partial charge on any atom is -0.390 e. The average molecular weight is 398 g/mol. The van der Waals surface area contributed by atoms with E-state index in [1.807, 2.05) is 17.5 Å². The van der Waals surface area contributed by atoms with Crippen LogP contribution < -0.4 is 5.32 Å². The van der Waals surface area contributed by atoms with E-state index >= 15 is 0 Å². The van der Waals surface area contributed by atoms with Crippen molar-refractivity contribution in [2.24, 2.45) is 0 Å². The summed E-state index contributed by atoms with van der Waals surface area (Å²) in [5.74, 6) is 0.483. The van der Waals surface area contributed by atoms with Crippen LogP contribution in [0.3, 0.4) is 0 Å². The van der Waals surface area contributed by atoms with Gasteiger partial charge in [0.1, 0.15) is 0 Å². The van der Waals surface area contributed by atoms with Gasteiger partial charge in [0, 0.05) is 50.3 Å². The first-order valence-corrected chi connectivity index (χ1v) is 10.1. The van der Waals surface area contributed by atoms with Crippen LogP contribution in [-0.4, -0.2) is 75.4 Å². The van der Waals surface area contributed by atoms with Gasteiger partial charge in [0.25, 0.3) is 0 Å². The molecule has 1 aliphatic rings. The highest BCUT2D eigenvalue weighted by Gasteiger charge is 2.17. The largest absolute Gasteiger partial charge is 0.390 e. The molecule has 4 heterocycles. The summed E-state index contributed by atoms with van der Waals surface area (Å²) in [6, 6.07) is 4.01. The van der Waals surface area contributed by atoms with Crippen LogP contribution in [0.5, 0.6) is 0 Å². The van der Waals surface area contributed by atoms with Gasteiger partial charge in [-0.05, 0) is 11.4 Å². The van der Waals surface area contributed by atoms with Gasteiger partial charge in [-0.3, -0.25) is 14.9 Å². The fourth-order valence-corrected chi connectivity index (χ4v) is 3.78. The van der Waals surface area contributed by atoms with Crippen LogP contribution in [0, 0.1) is 0 Å². The molecule has 0 radical (unpaired) electrons. The first kappa shape index (κ1) is 18.9. The lowest BCUT2D eigenvalue weighted by atomic mass is 10.1. The summed E-state index contributed by atoms with van der Waals surface area (Å²) in [5.41, 5.74) is 2.36. The Labute approximate surface area is 167 Å². The summed E-state index contributed by atoms with van der Waals surface area (Å²) in [4.78, 5) is 20.8. The highest BCUT2D eigenvalue weighted by molar-refractivity contribution is 7.13. The van der Waals surface area contributed by atoms with Crippen LogP contribution in [-0.2, 0) is 4.74 Å². The topological polar surface area (TPSA) is 96.3 Å². The van der Waals surface area contributed by atoms with Gasteiger partial charge in [-0.15, -0.1) is 11.3 Å². The molecular weight excluding hydrogens is 376 g/mol. The predicted molar refractivity (Wildman–Crippen MR) is 108 cm³/mol. The van der Waals surface area contributed by atoms with Gasteiger partial charge in [-0.25, -0.2) is 9.97 Å². The number of nitrogens with one attached hydrogen (secondary N) is 1. The lowest BCUT2D eigenvalue weighted by molar-refractivity contribution is 0.0171. The first-order valence-electron chi connectivity index (χ1n) is 9.19. The maximum atomic E-state index is 10.3. The summed E-state index contributed by atoms with van der Waals surface area (Å²) in [6.45, 7) is 4.12. The van der Waals surface area contributed by atoms with E-state index in [9.17, 15) is 5.11 Å². The second kappa shape index (κ2) is 9.16. The van der Waals surface area contributed by atoms with Crippen molar-refractivity contribution in [3.8, 4) is 21.8 Å². The number of morpholine rings is 1. The van der Waals surface area contributed by atoms with Crippen LogP contribution in [0.4, 0.5) is 5.95 Å². The average Bonchev–Trinajstić information content (AvgIpc) is 3.28. The van der Waals surface area contributed by atoms with Crippen molar-refractivity contribution in [1.29, 1.82) is 0 Å². The molecule has 0 aromatic carbocycles. The normalized spacial score (nSPS) is 16.0. The van der Waals surface area contributed by atoms with Crippen LogP contribution in [0.25, 0.3) is 21.8 Å². The molecule has 1 fully saturated rings. The van der Waals surface area contributed by atoms with Crippen molar-refractivity contribution >= 4 is 17.3 Å². The summed E-state index contributed by atoms with van der Waals surface area (Å²) in [6.07, 6.45) is 6.24. The molecule has 0 aliphatic carbocycles. The van der Waals surface area contributed by atoms with Crippen LogP contribution in [0.2, 0.25) is 0 Å². The summed E-state index contributed by atoms with van der Waals surface area (Å²) in [7, 11) is 0. The highest BCUT2D eigenvalue weighted by Crippen LogP contribution is 2.32. The van der Waals surface area contributed by atoms with Crippen molar-refractivity contribution in [3.63, 3.8) is 0 Å². The number of hydrogen-bond acceptors (Lipinski definition) is 9. The van der Waals surface area contributed by atoms with Crippen LogP contribution in [0.1, 0.15) is 0 Å². The Kier molecular flexibility index (Phi) is 6.17. The Bertz CT molecular complexity index is 871. The van der Waals surface area contributed by atoms with Gasteiger partial charge in [0.05, 0.1) is 41.8 Å². The highest BCUT2D eigenvalue weighted by atomic mass is 32.1. The smallest absolute Gasteiger partial charge is 0.223 e. The summed E-state index contributed by atoms with van der Waals surface area (Å²) in [5, 5.41) is 15.5. The lowest BCUT2D eigenvalue weighted by Crippen LogP contribution is -2.42. The molecule has 1 saturated heterocycles. The Balaban J connectivity index is 1.48. The molecule has 0 spiro atoms. The second-order valence-electron chi connectivity index (χ2n) is 6.47. The number of aromatic nitrogens is 4. The standard InChI is InChI=1S/C19H22N6O2S/c26-14(13-25-5-7-27-8-6-25)10-22-19-23-11-15(16-12-20-3-4-21-16)18(24-19)17-2-1-9-28-17/h1-4,9,11-12,14,26H,5-8,10,13H2,(H,22,23,24)/t14-/m0/s1. The Hall–Kier alpha value is -2.46. The number of β-amino-alcohol motifs (C(OH)–C–C–N with tert-alkyl or cyclic N) is 1. The Morgan fingerprint density at radius 2 is 2.11 bits per heavy atom. The minimum atomic E-state index is -0.508. The molecule has 2 N–H and O–H groups in total. The van der Waals surface area contributed by atoms with Gasteiger partial charge in [-0.2, -0.15) is 0 Å². The molecular formula is C19H22N6O2S. The molecule has 3 aromatic heterocycles. The molecule has 4 rings (SSSR count). The maximum absolute atomic E-state index is 10.3. The number of hydrogen-bond donors (Lipinski definition) is 2. The zero-order chi connectivity index (χ0) is 19.2. The number of anilines is 1. The van der Waals surface area contributed by atoms with E-state index in [0.29, 0.717) is 19.0 Å². The van der Waals surface area contributed by atoms with E-state index in [1.54, 1.807) is 36.1 Å². The minimum absolute atomic E-state index is 0.381. The molecule has 9 heteroatoms. The molecule has 0 amide bonds. The molecule has 1 aliphatic heterocycles. The quantitative estimate of drug-likeness (QED) is 0.622. The molecule has 8 nitrogen and oxygen atoms in total. The van der Waals surface area contributed by atoms with E-state index in [4.69, 9.17) is 4.74 Å². The third-order valence-electron chi connectivity index (χ3n) is 4.45. The van der Waals surface area contributed by atoms with Crippen LogP contribution in [0.15, 0.2) is 42.3 Å². The monoisotopic (exact) mass is 398 g/mol. The van der Waals surface area contributed by atoms with Crippen molar-refractivity contribution in [2.45, 2.75) is 6.10 Å².